The van der Waals surface area contributed by atoms with Crippen molar-refractivity contribution in [2.45, 2.75) is 70.7 Å². The fraction of sp³-hybridized carbons (Fsp3) is 0.429. The molecule has 2 aromatic rings. The van der Waals surface area contributed by atoms with Crippen molar-refractivity contribution in [3.8, 4) is 11.1 Å². The standard InChI is InChI=1S/C26H29.C2H4.2ClH.Zr/c1-25(2,3)19-11-12-20-18(15-19)16-22-21(20)13-14-23(26(4,5)6)24(22)17-9-7-8-10-17;1-2;;;/h7-9,11-16H,10H2,1-6H3;1-2H2;2*1H;/q;;;;+2/p-2. The molecular formula is C28H33Cl2Zr. The quantitative estimate of drug-likeness (QED) is 0.558. The molecule has 2 aliphatic carbocycles. The molecule has 5 rings (SSSR count). The Morgan fingerprint density at radius 2 is 1.52 bits per heavy atom. The van der Waals surface area contributed by atoms with Crippen LogP contribution >= 0.6 is 0 Å². The third-order valence-electron chi connectivity index (χ3n) is 6.90. The van der Waals surface area contributed by atoms with Gasteiger partial charge < -0.3 is 24.8 Å². The summed E-state index contributed by atoms with van der Waals surface area (Å²) in [4.78, 5) is 0. The van der Waals surface area contributed by atoms with Crippen LogP contribution in [0, 0.1) is 0 Å². The summed E-state index contributed by atoms with van der Waals surface area (Å²) in [6.07, 6.45) is 8.06. The molecule has 1 unspecified atom stereocenters. The van der Waals surface area contributed by atoms with Crippen LogP contribution < -0.4 is 24.8 Å². The van der Waals surface area contributed by atoms with Crippen molar-refractivity contribution in [2.24, 2.45) is 0 Å². The normalized spacial score (nSPS) is 18.7. The van der Waals surface area contributed by atoms with Crippen LogP contribution in [-0.4, -0.2) is 0 Å². The van der Waals surface area contributed by atoms with Crippen molar-refractivity contribution < 1.29 is 46.6 Å². The zero-order valence-corrected chi connectivity index (χ0v) is 23.5. The molecule has 1 atom stereocenters. The van der Waals surface area contributed by atoms with Crippen molar-refractivity contribution in [2.75, 3.05) is 0 Å². The van der Waals surface area contributed by atoms with E-state index in [0.717, 1.165) is 10.0 Å². The Labute approximate surface area is 209 Å². The molecule has 0 bridgehead atoms. The van der Waals surface area contributed by atoms with Crippen molar-refractivity contribution in [3.63, 3.8) is 0 Å². The number of halogens is 2. The Balaban J connectivity index is 0.00000136. The maximum Gasteiger partial charge on any atom is -1.00 e. The molecule has 3 aliphatic rings. The van der Waals surface area contributed by atoms with Gasteiger partial charge in [0, 0.05) is 0 Å². The SMILES string of the molecule is CC(C)(C)c1ccc2c(c1)[CH]([Zr+2]1[CH2][CH2]1)c1c-2ccc(C(C)(C)C)c1C1=CC=CC1.[Cl-].[Cl-]. The third kappa shape index (κ3) is 4.32. The van der Waals surface area contributed by atoms with E-state index in [1.165, 1.54) is 11.1 Å². The number of allylic oxidation sites excluding steroid dienone is 4. The second-order valence-electron chi connectivity index (χ2n) is 11.2. The number of hydrogen-bond acceptors (Lipinski definition) is 0. The van der Waals surface area contributed by atoms with Crippen molar-refractivity contribution in [3.05, 3.63) is 76.4 Å². The average molecular weight is 532 g/mol. The van der Waals surface area contributed by atoms with Crippen LogP contribution in [0.25, 0.3) is 16.7 Å². The molecule has 0 radical (unpaired) electrons. The third-order valence-corrected chi connectivity index (χ3v) is 13.0. The minimum Gasteiger partial charge on any atom is -1.00 e. The van der Waals surface area contributed by atoms with Crippen LogP contribution in [0.2, 0.25) is 8.26 Å². The summed E-state index contributed by atoms with van der Waals surface area (Å²) in [6, 6.07) is 12.3. The maximum atomic E-state index is 2.59. The Bertz CT molecular complexity index is 1060. The van der Waals surface area contributed by atoms with Gasteiger partial charge in [-0.3, -0.25) is 0 Å². The summed E-state index contributed by atoms with van der Waals surface area (Å²) in [5, 5.41) is 0. The molecule has 1 heterocycles. The van der Waals surface area contributed by atoms with Gasteiger partial charge in [-0.2, -0.15) is 0 Å². The Morgan fingerprint density at radius 3 is 2.06 bits per heavy atom. The number of hydrogen-bond donors (Lipinski definition) is 0. The van der Waals surface area contributed by atoms with Gasteiger partial charge in [-0.25, -0.2) is 0 Å². The summed E-state index contributed by atoms with van der Waals surface area (Å²) in [5.74, 6) is 0. The first-order chi connectivity index (χ1) is 13.7. The van der Waals surface area contributed by atoms with E-state index >= 15 is 0 Å². The van der Waals surface area contributed by atoms with Crippen LogP contribution in [-0.2, 0) is 32.6 Å². The Kier molecular flexibility index (Phi) is 6.96. The van der Waals surface area contributed by atoms with E-state index in [1.807, 2.05) is 0 Å². The van der Waals surface area contributed by atoms with Gasteiger partial charge in [-0.05, 0) is 0 Å². The molecule has 0 N–H and O–H groups in total. The zero-order chi connectivity index (χ0) is 20.6. The van der Waals surface area contributed by atoms with E-state index in [2.05, 4.69) is 90.1 Å². The monoisotopic (exact) mass is 529 g/mol. The molecular weight excluding hydrogens is 498 g/mol. The van der Waals surface area contributed by atoms with Crippen LogP contribution in [0.5, 0.6) is 0 Å². The number of rotatable bonds is 2. The molecule has 3 heteroatoms. The first-order valence-corrected chi connectivity index (χ1v) is 16.1. The molecule has 1 fully saturated rings. The molecule has 0 saturated carbocycles. The summed E-state index contributed by atoms with van der Waals surface area (Å²) in [6.45, 7) is 14.2. The van der Waals surface area contributed by atoms with Crippen molar-refractivity contribution in [1.29, 1.82) is 0 Å². The number of benzene rings is 2. The molecule has 0 nitrogen and oxygen atoms in total. The van der Waals surface area contributed by atoms with E-state index in [-0.39, 0.29) is 35.6 Å². The van der Waals surface area contributed by atoms with Gasteiger partial charge in [-0.15, -0.1) is 0 Å². The molecule has 0 spiro atoms. The van der Waals surface area contributed by atoms with Crippen LogP contribution in [0.4, 0.5) is 0 Å². The van der Waals surface area contributed by atoms with Crippen LogP contribution in [0.15, 0.2) is 48.6 Å². The van der Waals surface area contributed by atoms with E-state index in [9.17, 15) is 0 Å². The summed E-state index contributed by atoms with van der Waals surface area (Å²) < 4.78 is 3.91. The molecule has 0 aromatic heterocycles. The largest absolute Gasteiger partial charge is 1.00 e. The smallest absolute Gasteiger partial charge is 1.00 e. The minimum atomic E-state index is -1.35. The fourth-order valence-electron chi connectivity index (χ4n) is 5.21. The summed E-state index contributed by atoms with van der Waals surface area (Å²) in [5.41, 5.74) is 13.1. The molecule has 1 aliphatic heterocycles. The van der Waals surface area contributed by atoms with Gasteiger partial charge in [0.15, 0.2) is 0 Å². The summed E-state index contributed by atoms with van der Waals surface area (Å²) >= 11 is -1.35. The predicted molar refractivity (Wildman–Crippen MR) is 122 cm³/mol. The topological polar surface area (TPSA) is 0 Å². The minimum absolute atomic E-state index is 0. The van der Waals surface area contributed by atoms with Gasteiger partial charge in [0.05, 0.1) is 0 Å². The number of fused-ring (bicyclic) bond motifs is 3. The predicted octanol–water partition coefficient (Wildman–Crippen LogP) is 2.17. The zero-order valence-electron chi connectivity index (χ0n) is 19.6. The second kappa shape index (κ2) is 8.63. The van der Waals surface area contributed by atoms with Crippen LogP contribution in [0.1, 0.15) is 79.4 Å². The first-order valence-electron chi connectivity index (χ1n) is 11.2. The maximum absolute atomic E-state index is 2.59. The van der Waals surface area contributed by atoms with E-state index in [1.54, 1.807) is 41.6 Å². The Morgan fingerprint density at radius 1 is 0.839 bits per heavy atom. The average Bonchev–Trinajstić information content (AvgIpc) is 3.22. The van der Waals surface area contributed by atoms with Crippen molar-refractivity contribution in [1.82, 2.24) is 0 Å². The van der Waals surface area contributed by atoms with Crippen molar-refractivity contribution >= 4 is 5.57 Å². The van der Waals surface area contributed by atoms with Gasteiger partial charge in [0.25, 0.3) is 0 Å². The summed E-state index contributed by atoms with van der Waals surface area (Å²) in [7, 11) is 0. The van der Waals surface area contributed by atoms with E-state index in [4.69, 9.17) is 0 Å². The molecule has 2 aromatic carbocycles. The second-order valence-corrected chi connectivity index (χ2v) is 18.3. The van der Waals surface area contributed by atoms with Gasteiger partial charge >= 0.3 is 186 Å². The van der Waals surface area contributed by atoms with Crippen LogP contribution in [0.3, 0.4) is 0 Å². The first kappa shape index (κ1) is 25.0. The van der Waals surface area contributed by atoms with Gasteiger partial charge in [0.2, 0.25) is 0 Å². The fourth-order valence-corrected chi connectivity index (χ4v) is 12.5. The molecule has 1 saturated heterocycles. The van der Waals surface area contributed by atoms with E-state index in [0.29, 0.717) is 0 Å². The van der Waals surface area contributed by atoms with Gasteiger partial charge in [0.1, 0.15) is 0 Å². The Hall–Kier alpha value is -0.617. The molecule has 163 valence electrons. The van der Waals surface area contributed by atoms with E-state index < -0.39 is 21.8 Å². The van der Waals surface area contributed by atoms with Gasteiger partial charge in [-0.1, -0.05) is 0 Å². The molecule has 31 heavy (non-hydrogen) atoms. The molecule has 0 amide bonds.